The second kappa shape index (κ2) is 4.78. The predicted octanol–water partition coefficient (Wildman–Crippen LogP) is 0.822. The molecule has 0 aliphatic heterocycles. The molecule has 0 saturated carbocycles. The molecule has 0 fully saturated rings. The Balaban J connectivity index is 2.77. The van der Waals surface area contributed by atoms with Gasteiger partial charge in [-0.05, 0) is 12.8 Å². The molecule has 0 unspecified atom stereocenters. The third-order valence-corrected chi connectivity index (χ3v) is 2.21. The predicted molar refractivity (Wildman–Crippen MR) is 55.0 cm³/mol. The summed E-state index contributed by atoms with van der Waals surface area (Å²) < 4.78 is 4.73. The monoisotopic (exact) mass is 226 g/mol. The highest BCUT2D eigenvalue weighted by molar-refractivity contribution is 5.97. The lowest BCUT2D eigenvalue weighted by molar-refractivity contribution is -0.140. The van der Waals surface area contributed by atoms with E-state index in [1.165, 1.54) is 6.20 Å². The third-order valence-electron chi connectivity index (χ3n) is 2.21. The minimum atomic E-state index is -1.06. The number of hydrogen-bond acceptors (Lipinski definition) is 4. The summed E-state index contributed by atoms with van der Waals surface area (Å²) >= 11 is 0. The van der Waals surface area contributed by atoms with Gasteiger partial charge < -0.3 is 14.9 Å². The first-order valence-corrected chi connectivity index (χ1v) is 4.88. The zero-order chi connectivity index (χ0) is 12.3. The third kappa shape index (κ3) is 2.59. The van der Waals surface area contributed by atoms with Gasteiger partial charge in [-0.25, -0.2) is 4.79 Å². The quantitative estimate of drug-likeness (QED) is 0.792. The number of carbonyl (C=O) groups excluding carboxylic acids is 1. The number of aliphatic carboxylic acids is 1. The van der Waals surface area contributed by atoms with Crippen LogP contribution < -0.4 is 5.32 Å². The van der Waals surface area contributed by atoms with Gasteiger partial charge in [-0.2, -0.15) is 0 Å². The summed E-state index contributed by atoms with van der Waals surface area (Å²) in [5.74, 6) is -1.37. The molecule has 0 bridgehead atoms. The molecule has 88 valence electrons. The normalized spacial score (nSPS) is 12.5. The Morgan fingerprint density at radius 2 is 2.12 bits per heavy atom. The summed E-state index contributed by atoms with van der Waals surface area (Å²) in [4.78, 5) is 22.5. The van der Waals surface area contributed by atoms with E-state index in [2.05, 4.69) is 10.5 Å². The average Bonchev–Trinajstić information content (AvgIpc) is 2.59. The van der Waals surface area contributed by atoms with E-state index in [0.717, 1.165) is 0 Å². The molecule has 1 aromatic heterocycles. The number of aryl methyl sites for hydroxylation is 1. The van der Waals surface area contributed by atoms with Crippen molar-refractivity contribution in [3.63, 3.8) is 0 Å². The van der Waals surface area contributed by atoms with Gasteiger partial charge in [-0.3, -0.25) is 4.79 Å². The van der Waals surface area contributed by atoms with Crippen LogP contribution in [-0.4, -0.2) is 28.2 Å². The first-order valence-electron chi connectivity index (χ1n) is 4.88. The Bertz CT molecular complexity index is 397. The number of hydrogen-bond donors (Lipinski definition) is 2. The van der Waals surface area contributed by atoms with Gasteiger partial charge in [0.15, 0.2) is 0 Å². The molecule has 0 spiro atoms. The number of nitrogens with zero attached hydrogens (tertiary/aromatic N) is 1. The van der Waals surface area contributed by atoms with E-state index in [1.807, 2.05) is 0 Å². The molecular weight excluding hydrogens is 212 g/mol. The standard InChI is InChI=1S/C10H14N2O4/c1-5(2)8(10(14)15)12-9(13)7-4-11-16-6(7)3/h4-5,8H,1-3H3,(H,12,13)(H,14,15)/t8-/m1/s1. The van der Waals surface area contributed by atoms with Crippen molar-refractivity contribution < 1.29 is 19.2 Å². The van der Waals surface area contributed by atoms with Crippen molar-refractivity contribution >= 4 is 11.9 Å². The molecule has 0 aromatic carbocycles. The van der Waals surface area contributed by atoms with Crippen molar-refractivity contribution in [1.82, 2.24) is 10.5 Å². The molecule has 1 rings (SSSR count). The summed E-state index contributed by atoms with van der Waals surface area (Å²) in [5.41, 5.74) is 0.256. The van der Waals surface area contributed by atoms with E-state index >= 15 is 0 Å². The fourth-order valence-electron chi connectivity index (χ4n) is 1.25. The van der Waals surface area contributed by atoms with Gasteiger partial charge in [0.05, 0.1) is 6.20 Å². The maximum Gasteiger partial charge on any atom is 0.326 e. The van der Waals surface area contributed by atoms with Crippen LogP contribution in [0.2, 0.25) is 0 Å². The van der Waals surface area contributed by atoms with E-state index in [4.69, 9.17) is 9.63 Å². The Hall–Kier alpha value is -1.85. The molecule has 1 aromatic rings. The van der Waals surface area contributed by atoms with Crippen LogP contribution in [0.25, 0.3) is 0 Å². The Morgan fingerprint density at radius 3 is 2.50 bits per heavy atom. The molecule has 2 N–H and O–H groups in total. The Morgan fingerprint density at radius 1 is 1.50 bits per heavy atom. The molecule has 1 amide bonds. The first kappa shape index (κ1) is 12.2. The van der Waals surface area contributed by atoms with Gasteiger partial charge in [-0.1, -0.05) is 19.0 Å². The van der Waals surface area contributed by atoms with E-state index in [0.29, 0.717) is 5.76 Å². The summed E-state index contributed by atoms with van der Waals surface area (Å²) in [6, 6.07) is -0.915. The summed E-state index contributed by atoms with van der Waals surface area (Å²) in [6.45, 7) is 5.03. The smallest absolute Gasteiger partial charge is 0.326 e. The molecule has 1 heterocycles. The van der Waals surface area contributed by atoms with E-state index in [1.54, 1.807) is 20.8 Å². The lowest BCUT2D eigenvalue weighted by atomic mass is 10.0. The van der Waals surface area contributed by atoms with Crippen molar-refractivity contribution in [2.75, 3.05) is 0 Å². The van der Waals surface area contributed by atoms with Gasteiger partial charge in [0.1, 0.15) is 17.4 Å². The topological polar surface area (TPSA) is 92.4 Å². The fraction of sp³-hybridized carbons (Fsp3) is 0.500. The van der Waals surface area contributed by atoms with Crippen LogP contribution in [0.3, 0.4) is 0 Å². The lowest BCUT2D eigenvalue weighted by Gasteiger charge is -2.17. The van der Waals surface area contributed by atoms with Gasteiger partial charge in [0, 0.05) is 0 Å². The number of nitrogens with one attached hydrogen (secondary N) is 1. The molecule has 1 atom stereocenters. The first-order chi connectivity index (χ1) is 7.43. The van der Waals surface area contributed by atoms with Crippen molar-refractivity contribution in [1.29, 1.82) is 0 Å². The zero-order valence-electron chi connectivity index (χ0n) is 9.35. The van der Waals surface area contributed by atoms with Crippen LogP contribution in [0.1, 0.15) is 30.0 Å². The van der Waals surface area contributed by atoms with Crippen molar-refractivity contribution in [2.24, 2.45) is 5.92 Å². The molecule has 6 heteroatoms. The average molecular weight is 226 g/mol. The lowest BCUT2D eigenvalue weighted by Crippen LogP contribution is -2.44. The van der Waals surface area contributed by atoms with Crippen molar-refractivity contribution in [3.8, 4) is 0 Å². The fourth-order valence-corrected chi connectivity index (χ4v) is 1.25. The van der Waals surface area contributed by atoms with E-state index < -0.39 is 17.9 Å². The van der Waals surface area contributed by atoms with Crippen molar-refractivity contribution in [2.45, 2.75) is 26.8 Å². The minimum absolute atomic E-state index is 0.193. The van der Waals surface area contributed by atoms with Crippen molar-refractivity contribution in [3.05, 3.63) is 17.5 Å². The maximum atomic E-state index is 11.7. The Kier molecular flexibility index (Phi) is 3.65. The van der Waals surface area contributed by atoms with Crippen LogP contribution in [-0.2, 0) is 4.79 Å². The van der Waals surface area contributed by atoms with Gasteiger partial charge >= 0.3 is 5.97 Å². The summed E-state index contributed by atoms with van der Waals surface area (Å²) in [5, 5.41) is 14.8. The van der Waals surface area contributed by atoms with Crippen LogP contribution >= 0.6 is 0 Å². The van der Waals surface area contributed by atoms with Gasteiger partial charge in [-0.15, -0.1) is 0 Å². The number of carboxylic acid groups (broad SMARTS) is 1. The maximum absolute atomic E-state index is 11.7. The number of rotatable bonds is 4. The molecule has 0 radical (unpaired) electrons. The molecule has 16 heavy (non-hydrogen) atoms. The molecule has 0 aliphatic rings. The second-order valence-corrected chi connectivity index (χ2v) is 3.83. The van der Waals surface area contributed by atoms with Gasteiger partial charge in [0.2, 0.25) is 0 Å². The molecule has 6 nitrogen and oxygen atoms in total. The molecular formula is C10H14N2O4. The number of carboxylic acids is 1. The largest absolute Gasteiger partial charge is 0.480 e. The highest BCUT2D eigenvalue weighted by Gasteiger charge is 2.25. The second-order valence-electron chi connectivity index (χ2n) is 3.83. The number of amides is 1. The zero-order valence-corrected chi connectivity index (χ0v) is 9.35. The summed E-state index contributed by atoms with van der Waals surface area (Å²) in [7, 11) is 0. The minimum Gasteiger partial charge on any atom is -0.480 e. The van der Waals surface area contributed by atoms with Crippen LogP contribution in [0.4, 0.5) is 0 Å². The molecule has 0 saturated heterocycles. The van der Waals surface area contributed by atoms with Crippen LogP contribution in [0.15, 0.2) is 10.7 Å². The van der Waals surface area contributed by atoms with Crippen LogP contribution in [0.5, 0.6) is 0 Å². The van der Waals surface area contributed by atoms with E-state index in [-0.39, 0.29) is 11.5 Å². The number of aromatic nitrogens is 1. The summed E-state index contributed by atoms with van der Waals surface area (Å²) in [6.07, 6.45) is 1.27. The Labute approximate surface area is 92.6 Å². The molecule has 0 aliphatic carbocycles. The number of carbonyl (C=O) groups is 2. The van der Waals surface area contributed by atoms with Crippen LogP contribution in [0, 0.1) is 12.8 Å². The van der Waals surface area contributed by atoms with E-state index in [9.17, 15) is 9.59 Å². The highest BCUT2D eigenvalue weighted by Crippen LogP contribution is 2.08. The van der Waals surface area contributed by atoms with Gasteiger partial charge in [0.25, 0.3) is 5.91 Å². The SMILES string of the molecule is Cc1oncc1C(=O)N[C@@H](C(=O)O)C(C)C. The highest BCUT2D eigenvalue weighted by atomic mass is 16.5.